The number of hydrogen-bond acceptors (Lipinski definition) is 5. The van der Waals surface area contributed by atoms with Gasteiger partial charge in [0, 0.05) is 17.5 Å². The number of nitrogens with zero attached hydrogens (tertiary/aromatic N) is 2. The van der Waals surface area contributed by atoms with Gasteiger partial charge in [-0.1, -0.05) is 49.2 Å². The van der Waals surface area contributed by atoms with E-state index in [9.17, 15) is 8.42 Å². The zero-order valence-electron chi connectivity index (χ0n) is 18.3. The van der Waals surface area contributed by atoms with E-state index in [2.05, 4.69) is 18.8 Å². The largest absolute Gasteiger partial charge is 0.490 e. The molecule has 178 valence electrons. The van der Waals surface area contributed by atoms with Crippen molar-refractivity contribution in [3.8, 4) is 11.5 Å². The fourth-order valence-electron chi connectivity index (χ4n) is 3.27. The topological polar surface area (TPSA) is 70.4 Å². The van der Waals surface area contributed by atoms with Crippen molar-refractivity contribution in [1.29, 1.82) is 0 Å². The van der Waals surface area contributed by atoms with Crippen molar-refractivity contribution in [1.82, 2.24) is 9.55 Å². The molecule has 0 N–H and O–H groups in total. The molecule has 2 aromatic carbocycles. The smallest absolute Gasteiger partial charge is 0.158 e. The molecule has 0 fully saturated rings. The number of aromatic nitrogens is 2. The summed E-state index contributed by atoms with van der Waals surface area (Å²) in [5, 5.41) is 0.919. The van der Waals surface area contributed by atoms with E-state index in [0.29, 0.717) is 46.1 Å². The number of thiol groups is 1. The van der Waals surface area contributed by atoms with Crippen molar-refractivity contribution in [2.75, 3.05) is 12.5 Å². The van der Waals surface area contributed by atoms with Crippen LogP contribution in [0.2, 0.25) is 10.0 Å². The lowest BCUT2D eigenvalue weighted by atomic mass is 9.78. The molecule has 0 atom stereocenters. The number of halogens is 3. The van der Waals surface area contributed by atoms with Crippen molar-refractivity contribution in [3.05, 3.63) is 75.8 Å². The van der Waals surface area contributed by atoms with Crippen LogP contribution < -0.4 is 9.47 Å². The van der Waals surface area contributed by atoms with Gasteiger partial charge in [-0.15, -0.1) is 11.6 Å². The molecule has 3 aromatic rings. The van der Waals surface area contributed by atoms with Crippen molar-refractivity contribution in [2.24, 2.45) is 0 Å². The predicted molar refractivity (Wildman–Crippen MR) is 133 cm³/mol. The minimum atomic E-state index is -2.51. The Bertz CT molecular complexity index is 1130. The summed E-state index contributed by atoms with van der Waals surface area (Å²) >= 11 is 18.6. The van der Waals surface area contributed by atoms with Crippen molar-refractivity contribution >= 4 is 45.5 Å². The van der Waals surface area contributed by atoms with Crippen LogP contribution in [0.25, 0.3) is 0 Å². The first kappa shape index (κ1) is 25.7. The summed E-state index contributed by atoms with van der Waals surface area (Å²) in [5.41, 5.74) is 2.29. The zero-order valence-corrected chi connectivity index (χ0v) is 21.4. The predicted octanol–water partition coefficient (Wildman–Crippen LogP) is 5.67. The third-order valence-corrected chi connectivity index (χ3v) is 6.56. The maximum atomic E-state index is 10.8. The van der Waals surface area contributed by atoms with E-state index in [-0.39, 0.29) is 17.9 Å². The standard InChI is InChI=1S/C23H25Cl3N2O4S/c1-23(2,17-10-20(25)22(21(26)11-17)31-9-3-8-24)16-4-6-19(7-5-16)32-13-18-12-28(14-27-18)15-33(29)30/h4-7,10-12,14,33H,3,8-9,13,15H2,1-2H3. The number of ether oxygens (including phenoxy) is 2. The first-order valence-electron chi connectivity index (χ1n) is 10.2. The molecule has 33 heavy (non-hydrogen) atoms. The lowest BCUT2D eigenvalue weighted by Gasteiger charge is -2.27. The minimum Gasteiger partial charge on any atom is -0.490 e. The van der Waals surface area contributed by atoms with Gasteiger partial charge in [-0.05, 0) is 41.8 Å². The van der Waals surface area contributed by atoms with Gasteiger partial charge in [-0.2, -0.15) is 0 Å². The Morgan fingerprint density at radius 2 is 1.70 bits per heavy atom. The molecule has 3 rings (SSSR count). The Labute approximate surface area is 210 Å². The summed E-state index contributed by atoms with van der Waals surface area (Å²) in [4.78, 5) is 4.16. The average molecular weight is 532 g/mol. The van der Waals surface area contributed by atoms with E-state index in [4.69, 9.17) is 44.3 Å². The van der Waals surface area contributed by atoms with Gasteiger partial charge in [0.2, 0.25) is 0 Å². The molecule has 0 unspecified atom stereocenters. The summed E-state index contributed by atoms with van der Waals surface area (Å²) in [6.45, 7) is 4.87. The van der Waals surface area contributed by atoms with E-state index in [1.165, 1.54) is 10.9 Å². The van der Waals surface area contributed by atoms with Crippen LogP contribution in [0, 0.1) is 0 Å². The average Bonchev–Trinajstić information content (AvgIpc) is 3.21. The second-order valence-electron chi connectivity index (χ2n) is 7.95. The summed E-state index contributed by atoms with van der Waals surface area (Å²) in [6, 6.07) is 11.5. The van der Waals surface area contributed by atoms with Crippen LogP contribution >= 0.6 is 34.8 Å². The Hall–Kier alpha value is -1.93. The SMILES string of the molecule is CC(C)(c1ccc(OCc2cn(C[SH](=O)=O)cn2)cc1)c1cc(Cl)c(OCCCCl)c(Cl)c1. The van der Waals surface area contributed by atoms with E-state index in [1.54, 1.807) is 6.20 Å². The summed E-state index contributed by atoms with van der Waals surface area (Å²) < 4.78 is 34.6. The van der Waals surface area contributed by atoms with E-state index in [1.807, 2.05) is 36.4 Å². The highest BCUT2D eigenvalue weighted by Crippen LogP contribution is 2.40. The third kappa shape index (κ3) is 6.79. The van der Waals surface area contributed by atoms with Crippen LogP contribution in [-0.2, 0) is 28.6 Å². The molecule has 1 aromatic heterocycles. The molecular formula is C23H25Cl3N2O4S. The monoisotopic (exact) mass is 530 g/mol. The first-order chi connectivity index (χ1) is 15.7. The van der Waals surface area contributed by atoms with Crippen LogP contribution in [0.3, 0.4) is 0 Å². The molecule has 1 heterocycles. The van der Waals surface area contributed by atoms with Gasteiger partial charge in [-0.25, -0.2) is 13.4 Å². The Kier molecular flexibility index (Phi) is 8.93. The summed E-state index contributed by atoms with van der Waals surface area (Å²) in [7, 11) is -2.51. The Morgan fingerprint density at radius 1 is 1.03 bits per heavy atom. The molecule has 0 aliphatic rings. The van der Waals surface area contributed by atoms with Gasteiger partial charge in [0.25, 0.3) is 0 Å². The van der Waals surface area contributed by atoms with E-state index in [0.717, 1.165) is 11.1 Å². The number of rotatable bonds is 11. The molecule has 0 spiro atoms. The van der Waals surface area contributed by atoms with Crippen molar-refractivity contribution in [3.63, 3.8) is 0 Å². The molecule has 0 aliphatic carbocycles. The molecule has 0 radical (unpaired) electrons. The molecule has 0 saturated heterocycles. The lowest BCUT2D eigenvalue weighted by molar-refractivity contribution is 0.301. The molecule has 0 amide bonds. The van der Waals surface area contributed by atoms with Crippen molar-refractivity contribution in [2.45, 2.75) is 38.2 Å². The van der Waals surface area contributed by atoms with Gasteiger partial charge in [-0.3, -0.25) is 0 Å². The normalized spacial score (nSPS) is 11.7. The Morgan fingerprint density at radius 3 is 2.30 bits per heavy atom. The van der Waals surface area contributed by atoms with E-state index >= 15 is 0 Å². The third-order valence-electron chi connectivity index (χ3n) is 5.17. The second kappa shape index (κ2) is 11.5. The first-order valence-corrected chi connectivity index (χ1v) is 12.9. The van der Waals surface area contributed by atoms with Crippen molar-refractivity contribution < 1.29 is 17.9 Å². The highest BCUT2D eigenvalue weighted by atomic mass is 35.5. The number of benzene rings is 2. The fourth-order valence-corrected chi connectivity index (χ4v) is 4.40. The highest BCUT2D eigenvalue weighted by molar-refractivity contribution is 7.71. The highest BCUT2D eigenvalue weighted by Gasteiger charge is 2.25. The Balaban J connectivity index is 1.69. The summed E-state index contributed by atoms with van der Waals surface area (Å²) in [6.07, 6.45) is 3.83. The maximum absolute atomic E-state index is 10.8. The number of hydrogen-bond donors (Lipinski definition) is 1. The number of alkyl halides is 1. The van der Waals surface area contributed by atoms with Gasteiger partial charge in [0.15, 0.2) is 16.5 Å². The lowest BCUT2D eigenvalue weighted by Crippen LogP contribution is -2.19. The van der Waals surface area contributed by atoms with Crippen LogP contribution in [0.1, 0.15) is 37.1 Å². The van der Waals surface area contributed by atoms with Crippen LogP contribution in [0.5, 0.6) is 11.5 Å². The molecular weight excluding hydrogens is 507 g/mol. The fraction of sp³-hybridized carbons (Fsp3) is 0.348. The molecule has 10 heteroatoms. The molecule has 6 nitrogen and oxygen atoms in total. The van der Waals surface area contributed by atoms with Gasteiger partial charge >= 0.3 is 0 Å². The molecule has 0 bridgehead atoms. The summed E-state index contributed by atoms with van der Waals surface area (Å²) in [5.74, 6) is 1.56. The molecule has 0 saturated carbocycles. The van der Waals surface area contributed by atoms with Crippen LogP contribution in [0.15, 0.2) is 48.9 Å². The van der Waals surface area contributed by atoms with E-state index < -0.39 is 10.7 Å². The molecule has 0 aliphatic heterocycles. The quantitative estimate of drug-likeness (QED) is 0.196. The second-order valence-corrected chi connectivity index (χ2v) is 10.1. The van der Waals surface area contributed by atoms with Gasteiger partial charge < -0.3 is 14.0 Å². The van der Waals surface area contributed by atoms with Crippen LogP contribution in [-0.4, -0.2) is 30.5 Å². The van der Waals surface area contributed by atoms with Gasteiger partial charge in [0.05, 0.1) is 28.7 Å². The minimum absolute atomic E-state index is 0.0966. The van der Waals surface area contributed by atoms with Crippen LogP contribution in [0.4, 0.5) is 0 Å². The zero-order chi connectivity index (χ0) is 24.0. The number of imidazole rings is 1. The van der Waals surface area contributed by atoms with Gasteiger partial charge in [0.1, 0.15) is 18.2 Å². The maximum Gasteiger partial charge on any atom is 0.158 e.